The number of aliphatic hydroxyl groups is 1. The van der Waals surface area contributed by atoms with Crippen LogP contribution in [0.25, 0.3) is 0 Å². The average Bonchev–Trinajstić information content (AvgIpc) is 2.81. The van der Waals surface area contributed by atoms with Gasteiger partial charge in [-0.15, -0.1) is 0 Å². The standard InChI is InChI=1S/C20H33NO3.C9H15N.C3H8/c1-14-8-6-9-15(2)12-16(3)19(24)20(4,5)17(22)13-18(23)21-11-7-10-14;1-5-7-9(6-2)10-8(3)4;1-3-2/h6,8,10,15-17,22H,7,9,11-13H2,1-5H3,(H,21,23);5-7H,1-4H3;3H2,1-2H3/b8-6+,14-10-;7-5-,9-6-;/t15-,16?,17-;;/m0../s1. The second-order valence-electron chi connectivity index (χ2n) is 10.8. The highest BCUT2D eigenvalue weighted by atomic mass is 16.3. The molecule has 3 atom stereocenters. The zero-order chi connectivity index (χ0) is 29.0. The maximum absolute atomic E-state index is 12.8. The van der Waals surface area contributed by atoms with E-state index >= 15 is 0 Å². The number of hydrogen-bond acceptors (Lipinski definition) is 4. The molecule has 0 aliphatic carbocycles. The molecule has 2 N–H and O–H groups in total. The Kier molecular flexibility index (Phi) is 20.7. The number of nitrogens with one attached hydrogen (secondary N) is 1. The lowest BCUT2D eigenvalue weighted by molar-refractivity contribution is -0.139. The van der Waals surface area contributed by atoms with Crippen molar-refractivity contribution >= 4 is 17.4 Å². The Morgan fingerprint density at radius 3 is 2.30 bits per heavy atom. The molecule has 37 heavy (non-hydrogen) atoms. The maximum atomic E-state index is 12.8. The first-order valence-corrected chi connectivity index (χ1v) is 13.9. The summed E-state index contributed by atoms with van der Waals surface area (Å²) in [6.45, 7) is 22.3. The summed E-state index contributed by atoms with van der Waals surface area (Å²) in [5.41, 5.74) is 2.38. The van der Waals surface area contributed by atoms with E-state index in [9.17, 15) is 14.7 Å². The van der Waals surface area contributed by atoms with E-state index in [-0.39, 0.29) is 24.0 Å². The number of nitrogens with zero attached hydrogens (tertiary/aromatic N) is 1. The zero-order valence-corrected chi connectivity index (χ0v) is 25.6. The smallest absolute Gasteiger partial charge is 0.222 e. The first-order chi connectivity index (χ1) is 17.3. The van der Waals surface area contributed by atoms with Gasteiger partial charge in [-0.2, -0.15) is 0 Å². The van der Waals surface area contributed by atoms with E-state index in [1.807, 2.05) is 59.8 Å². The highest BCUT2D eigenvalue weighted by Gasteiger charge is 2.39. The molecule has 1 aliphatic rings. The number of Topliss-reactive ketones (excluding diaryl/α,β-unsaturated/α-hetero) is 1. The fraction of sp³-hybridized carbons (Fsp3) is 0.656. The van der Waals surface area contributed by atoms with Gasteiger partial charge in [0, 0.05) is 18.2 Å². The van der Waals surface area contributed by atoms with Crippen LogP contribution in [0.3, 0.4) is 0 Å². The molecule has 0 saturated carbocycles. The third-order valence-corrected chi connectivity index (χ3v) is 5.89. The van der Waals surface area contributed by atoms with Gasteiger partial charge >= 0.3 is 0 Å². The SMILES string of the molecule is C/C=C\C(=C\C)N=C(C)C.CC1=C/CCNC(=O)C[C@H](O)C(C)(C)C(=O)C(C)C[C@@H](C)C\C=C\1.CCC. The van der Waals surface area contributed by atoms with Crippen LogP contribution in [0.5, 0.6) is 0 Å². The van der Waals surface area contributed by atoms with Gasteiger partial charge in [0.2, 0.25) is 5.91 Å². The predicted molar refractivity (Wildman–Crippen MR) is 161 cm³/mol. The summed E-state index contributed by atoms with van der Waals surface area (Å²) in [7, 11) is 0. The second kappa shape index (κ2) is 20.7. The van der Waals surface area contributed by atoms with Gasteiger partial charge in [0.25, 0.3) is 0 Å². The summed E-state index contributed by atoms with van der Waals surface area (Å²) in [6.07, 6.45) is 15.0. The number of aliphatic imine (C=N–C) groups is 1. The molecule has 0 aromatic rings. The molecule has 0 fully saturated rings. The molecule has 1 unspecified atom stereocenters. The lowest BCUT2D eigenvalue weighted by atomic mass is 9.74. The molecule has 1 aliphatic heterocycles. The molecule has 0 aromatic heterocycles. The zero-order valence-electron chi connectivity index (χ0n) is 25.6. The topological polar surface area (TPSA) is 78.8 Å². The van der Waals surface area contributed by atoms with Crippen molar-refractivity contribution in [2.24, 2.45) is 22.2 Å². The van der Waals surface area contributed by atoms with Gasteiger partial charge in [0.05, 0.1) is 23.6 Å². The molecule has 212 valence electrons. The lowest BCUT2D eigenvalue weighted by Gasteiger charge is -2.32. The predicted octanol–water partition coefficient (Wildman–Crippen LogP) is 7.77. The number of rotatable bonds is 2. The Balaban J connectivity index is 0. The summed E-state index contributed by atoms with van der Waals surface area (Å²) >= 11 is 0. The minimum atomic E-state index is -0.965. The van der Waals surface area contributed by atoms with Crippen molar-refractivity contribution in [2.45, 2.75) is 114 Å². The van der Waals surface area contributed by atoms with Gasteiger partial charge in [-0.1, -0.05) is 83.9 Å². The lowest BCUT2D eigenvalue weighted by Crippen LogP contribution is -2.43. The van der Waals surface area contributed by atoms with Crippen LogP contribution in [-0.2, 0) is 9.59 Å². The first kappa shape index (κ1) is 36.9. The Labute approximate surface area is 228 Å². The van der Waals surface area contributed by atoms with Crippen molar-refractivity contribution in [3.63, 3.8) is 0 Å². The molecule has 5 heteroatoms. The summed E-state index contributed by atoms with van der Waals surface area (Å²) in [5, 5.41) is 13.2. The van der Waals surface area contributed by atoms with Crippen molar-refractivity contribution < 1.29 is 14.7 Å². The summed E-state index contributed by atoms with van der Waals surface area (Å²) < 4.78 is 0. The normalized spacial score (nSPS) is 25.9. The average molecular weight is 517 g/mol. The molecule has 0 bridgehead atoms. The summed E-state index contributed by atoms with van der Waals surface area (Å²) in [6, 6.07) is 0. The van der Waals surface area contributed by atoms with E-state index in [1.54, 1.807) is 13.8 Å². The number of carbonyl (C=O) groups is 2. The van der Waals surface area contributed by atoms with E-state index < -0.39 is 11.5 Å². The van der Waals surface area contributed by atoms with Gasteiger partial charge in [-0.05, 0) is 65.9 Å². The highest BCUT2D eigenvalue weighted by molar-refractivity contribution is 5.87. The van der Waals surface area contributed by atoms with Gasteiger partial charge in [-0.3, -0.25) is 14.6 Å². The van der Waals surface area contributed by atoms with Gasteiger partial charge in [0.15, 0.2) is 0 Å². The quantitative estimate of drug-likeness (QED) is 0.291. The molecular weight excluding hydrogens is 460 g/mol. The molecule has 0 saturated heterocycles. The minimum absolute atomic E-state index is 0.0294. The van der Waals surface area contributed by atoms with Crippen LogP contribution in [0.4, 0.5) is 0 Å². The molecule has 0 spiro atoms. The van der Waals surface area contributed by atoms with E-state index in [4.69, 9.17) is 0 Å². The molecule has 1 heterocycles. The van der Waals surface area contributed by atoms with Crippen molar-refractivity contribution in [3.05, 3.63) is 47.7 Å². The third kappa shape index (κ3) is 17.8. The van der Waals surface area contributed by atoms with Gasteiger partial charge in [0.1, 0.15) is 5.78 Å². The highest BCUT2D eigenvalue weighted by Crippen LogP contribution is 2.31. The Morgan fingerprint density at radius 1 is 1.19 bits per heavy atom. The second-order valence-corrected chi connectivity index (χ2v) is 10.8. The number of carbonyl (C=O) groups excluding carboxylic acids is 2. The number of allylic oxidation sites excluding steroid dienone is 6. The molecule has 5 nitrogen and oxygen atoms in total. The van der Waals surface area contributed by atoms with E-state index in [1.165, 1.54) is 12.0 Å². The van der Waals surface area contributed by atoms with E-state index in [0.717, 1.165) is 30.7 Å². The number of aliphatic hydroxyl groups excluding tert-OH is 1. The molecule has 0 radical (unpaired) electrons. The minimum Gasteiger partial charge on any atom is -0.392 e. The van der Waals surface area contributed by atoms with Crippen molar-refractivity contribution in [3.8, 4) is 0 Å². The van der Waals surface area contributed by atoms with Crippen LogP contribution < -0.4 is 5.32 Å². The van der Waals surface area contributed by atoms with Crippen molar-refractivity contribution in [1.82, 2.24) is 5.32 Å². The first-order valence-electron chi connectivity index (χ1n) is 13.9. The molecule has 0 aromatic carbocycles. The Hall–Kier alpha value is -2.27. The molecular formula is C32H56N2O3. The van der Waals surface area contributed by atoms with Crippen LogP contribution in [0.2, 0.25) is 0 Å². The van der Waals surface area contributed by atoms with Crippen molar-refractivity contribution in [2.75, 3.05) is 6.54 Å². The third-order valence-electron chi connectivity index (χ3n) is 5.89. The number of ketones is 1. The van der Waals surface area contributed by atoms with Crippen LogP contribution >= 0.6 is 0 Å². The summed E-state index contributed by atoms with van der Waals surface area (Å²) in [4.78, 5) is 29.0. The monoisotopic (exact) mass is 516 g/mol. The van der Waals surface area contributed by atoms with Crippen LogP contribution in [-0.4, -0.2) is 35.2 Å². The van der Waals surface area contributed by atoms with Crippen molar-refractivity contribution in [1.29, 1.82) is 0 Å². The fourth-order valence-electron chi connectivity index (χ4n) is 3.80. The summed E-state index contributed by atoms with van der Waals surface area (Å²) in [5.74, 6) is 0.0858. The number of hydrogen-bond donors (Lipinski definition) is 2. The van der Waals surface area contributed by atoms with Crippen LogP contribution in [0.15, 0.2) is 52.7 Å². The van der Waals surface area contributed by atoms with Crippen LogP contribution in [0.1, 0.15) is 108 Å². The largest absolute Gasteiger partial charge is 0.392 e. The molecule has 1 amide bonds. The Morgan fingerprint density at radius 2 is 1.78 bits per heavy atom. The maximum Gasteiger partial charge on any atom is 0.222 e. The Bertz CT molecular complexity index is 812. The van der Waals surface area contributed by atoms with Gasteiger partial charge in [-0.25, -0.2) is 0 Å². The van der Waals surface area contributed by atoms with E-state index in [2.05, 4.69) is 49.3 Å². The van der Waals surface area contributed by atoms with Gasteiger partial charge < -0.3 is 10.4 Å². The fourth-order valence-corrected chi connectivity index (χ4v) is 3.80. The number of amides is 1. The molecule has 1 rings (SSSR count). The van der Waals surface area contributed by atoms with Crippen LogP contribution in [0, 0.1) is 17.3 Å². The van der Waals surface area contributed by atoms with E-state index in [0.29, 0.717) is 12.5 Å².